The molecule has 1 heterocycles. The highest BCUT2D eigenvalue weighted by molar-refractivity contribution is 7.88. The third-order valence-corrected chi connectivity index (χ3v) is 7.18. The SMILES string of the molecule is CS(=O)(=O)N(CC(=O)N1CCN(C/C=C/c2ccccc2)CC1)C1CCCCC1. The summed E-state index contributed by atoms with van der Waals surface area (Å²) in [5.74, 6) is -0.0690. The second-order valence-electron chi connectivity index (χ2n) is 8.09. The average molecular weight is 420 g/mol. The smallest absolute Gasteiger partial charge is 0.237 e. The van der Waals surface area contributed by atoms with Gasteiger partial charge in [-0.1, -0.05) is 61.7 Å². The van der Waals surface area contributed by atoms with E-state index in [0.717, 1.165) is 51.7 Å². The topological polar surface area (TPSA) is 60.9 Å². The molecule has 1 aromatic rings. The highest BCUT2D eigenvalue weighted by Gasteiger charge is 2.32. The van der Waals surface area contributed by atoms with E-state index in [1.807, 2.05) is 23.1 Å². The van der Waals surface area contributed by atoms with Crippen LogP contribution in [0, 0.1) is 0 Å². The fourth-order valence-corrected chi connectivity index (χ4v) is 5.30. The van der Waals surface area contributed by atoms with Gasteiger partial charge in [-0.05, 0) is 18.4 Å². The summed E-state index contributed by atoms with van der Waals surface area (Å²) in [6.45, 7) is 3.77. The van der Waals surface area contributed by atoms with Crippen molar-refractivity contribution in [1.82, 2.24) is 14.1 Å². The molecule has 0 N–H and O–H groups in total. The summed E-state index contributed by atoms with van der Waals surface area (Å²) >= 11 is 0. The number of hydrogen-bond donors (Lipinski definition) is 0. The lowest BCUT2D eigenvalue weighted by Crippen LogP contribution is -2.53. The van der Waals surface area contributed by atoms with Crippen LogP contribution < -0.4 is 0 Å². The molecule has 3 rings (SSSR count). The van der Waals surface area contributed by atoms with Crippen molar-refractivity contribution in [2.75, 3.05) is 45.5 Å². The Balaban J connectivity index is 1.48. The Morgan fingerprint density at radius 3 is 2.34 bits per heavy atom. The predicted molar refractivity (Wildman–Crippen MR) is 117 cm³/mol. The molecule has 2 fully saturated rings. The summed E-state index contributed by atoms with van der Waals surface area (Å²) < 4.78 is 26.0. The second kappa shape index (κ2) is 10.4. The number of carbonyl (C=O) groups is 1. The molecule has 0 atom stereocenters. The molecule has 6 nitrogen and oxygen atoms in total. The monoisotopic (exact) mass is 419 g/mol. The quantitative estimate of drug-likeness (QED) is 0.681. The van der Waals surface area contributed by atoms with E-state index in [4.69, 9.17) is 0 Å². The molecular weight excluding hydrogens is 386 g/mol. The molecule has 0 bridgehead atoms. The van der Waals surface area contributed by atoms with Gasteiger partial charge >= 0.3 is 0 Å². The van der Waals surface area contributed by atoms with E-state index in [-0.39, 0.29) is 18.5 Å². The van der Waals surface area contributed by atoms with E-state index in [1.54, 1.807) is 0 Å². The molecule has 1 saturated carbocycles. The normalized spacial score (nSPS) is 19.9. The van der Waals surface area contributed by atoms with Gasteiger partial charge in [0.05, 0.1) is 12.8 Å². The number of hydrogen-bond acceptors (Lipinski definition) is 4. The van der Waals surface area contributed by atoms with Gasteiger partial charge in [-0.25, -0.2) is 8.42 Å². The maximum absolute atomic E-state index is 12.8. The highest BCUT2D eigenvalue weighted by Crippen LogP contribution is 2.24. The maximum Gasteiger partial charge on any atom is 0.237 e. The third-order valence-electron chi connectivity index (χ3n) is 5.90. The van der Waals surface area contributed by atoms with Crippen LogP contribution in [0.2, 0.25) is 0 Å². The van der Waals surface area contributed by atoms with Crippen molar-refractivity contribution in [2.24, 2.45) is 0 Å². The van der Waals surface area contributed by atoms with Crippen molar-refractivity contribution >= 4 is 22.0 Å². The Morgan fingerprint density at radius 2 is 1.72 bits per heavy atom. The standard InChI is InChI=1S/C22H33N3O3S/c1-29(27,28)25(21-12-6-3-7-13-21)19-22(26)24-17-15-23(16-18-24)14-8-11-20-9-4-2-5-10-20/h2,4-5,8-11,21H,3,6-7,12-19H2,1H3/b11-8+. The van der Waals surface area contributed by atoms with Crippen molar-refractivity contribution in [1.29, 1.82) is 0 Å². The fraction of sp³-hybridized carbons (Fsp3) is 0.591. The van der Waals surface area contributed by atoms with E-state index in [0.29, 0.717) is 13.1 Å². The number of nitrogens with zero attached hydrogens (tertiary/aromatic N) is 3. The summed E-state index contributed by atoms with van der Waals surface area (Å²) in [7, 11) is -3.38. The molecule has 160 valence electrons. The van der Waals surface area contributed by atoms with Crippen LogP contribution in [0.5, 0.6) is 0 Å². The van der Waals surface area contributed by atoms with E-state index in [1.165, 1.54) is 16.1 Å². The lowest BCUT2D eigenvalue weighted by atomic mass is 9.95. The number of sulfonamides is 1. The first-order valence-corrected chi connectivity index (χ1v) is 12.5. The summed E-state index contributed by atoms with van der Waals surface area (Å²) in [5, 5.41) is 0. The number of benzene rings is 1. The first-order chi connectivity index (χ1) is 13.9. The second-order valence-corrected chi connectivity index (χ2v) is 10.0. The van der Waals surface area contributed by atoms with Crippen molar-refractivity contribution in [3.8, 4) is 0 Å². The molecule has 0 spiro atoms. The van der Waals surface area contributed by atoms with Crippen molar-refractivity contribution in [2.45, 2.75) is 38.1 Å². The number of piperazine rings is 1. The molecule has 1 aromatic carbocycles. The zero-order valence-corrected chi connectivity index (χ0v) is 18.2. The van der Waals surface area contributed by atoms with Crippen molar-refractivity contribution in [3.63, 3.8) is 0 Å². The number of carbonyl (C=O) groups excluding carboxylic acids is 1. The summed E-state index contributed by atoms with van der Waals surface area (Å²) in [6, 6.07) is 10.2. The van der Waals surface area contributed by atoms with E-state index in [9.17, 15) is 13.2 Å². The Hall–Kier alpha value is -1.70. The first-order valence-electron chi connectivity index (χ1n) is 10.6. The van der Waals surface area contributed by atoms with E-state index < -0.39 is 10.0 Å². The third kappa shape index (κ3) is 6.66. The molecule has 0 unspecified atom stereocenters. The lowest BCUT2D eigenvalue weighted by Gasteiger charge is -2.37. The molecule has 2 aliphatic rings. The molecule has 1 saturated heterocycles. The van der Waals surface area contributed by atoms with Crippen molar-refractivity contribution < 1.29 is 13.2 Å². The first kappa shape index (κ1) is 22.0. The van der Waals surface area contributed by atoms with Gasteiger partial charge in [0.25, 0.3) is 0 Å². The number of amides is 1. The number of rotatable bonds is 7. The Morgan fingerprint density at radius 1 is 1.07 bits per heavy atom. The summed E-state index contributed by atoms with van der Waals surface area (Å²) in [5.41, 5.74) is 1.19. The average Bonchev–Trinajstić information content (AvgIpc) is 2.73. The van der Waals surface area contributed by atoms with Gasteiger partial charge in [-0.3, -0.25) is 9.69 Å². The highest BCUT2D eigenvalue weighted by atomic mass is 32.2. The summed E-state index contributed by atoms with van der Waals surface area (Å²) in [4.78, 5) is 16.9. The van der Waals surface area contributed by atoms with Gasteiger partial charge in [-0.15, -0.1) is 0 Å². The Bertz CT molecular complexity index is 781. The minimum Gasteiger partial charge on any atom is -0.339 e. The largest absolute Gasteiger partial charge is 0.339 e. The molecule has 0 radical (unpaired) electrons. The molecule has 1 amide bonds. The van der Waals surface area contributed by atoms with Gasteiger partial charge < -0.3 is 4.90 Å². The Kier molecular flexibility index (Phi) is 7.86. The van der Waals surface area contributed by atoms with Crippen LogP contribution in [0.25, 0.3) is 6.08 Å². The molecule has 1 aliphatic heterocycles. The minimum absolute atomic E-state index is 0.0165. The summed E-state index contributed by atoms with van der Waals surface area (Å²) in [6.07, 6.45) is 10.5. The fourth-order valence-electron chi connectivity index (χ4n) is 4.20. The maximum atomic E-state index is 12.8. The van der Waals surface area contributed by atoms with Gasteiger partial charge in [0.15, 0.2) is 0 Å². The lowest BCUT2D eigenvalue weighted by molar-refractivity contribution is -0.133. The van der Waals surface area contributed by atoms with Crippen molar-refractivity contribution in [3.05, 3.63) is 42.0 Å². The molecule has 1 aliphatic carbocycles. The van der Waals surface area contributed by atoms with E-state index >= 15 is 0 Å². The van der Waals surface area contributed by atoms with Gasteiger partial charge in [0.1, 0.15) is 0 Å². The van der Waals surface area contributed by atoms with Crippen LogP contribution >= 0.6 is 0 Å². The molecule has 0 aromatic heterocycles. The van der Waals surface area contributed by atoms with Crippen LogP contribution in [-0.4, -0.2) is 80.0 Å². The molecule has 7 heteroatoms. The molecular formula is C22H33N3O3S. The van der Waals surface area contributed by atoms with Gasteiger partial charge in [-0.2, -0.15) is 4.31 Å². The van der Waals surface area contributed by atoms with Crippen LogP contribution in [0.15, 0.2) is 36.4 Å². The van der Waals surface area contributed by atoms with Gasteiger partial charge in [0, 0.05) is 38.8 Å². The zero-order valence-electron chi connectivity index (χ0n) is 17.4. The predicted octanol–water partition coefficient (Wildman–Crippen LogP) is 2.44. The van der Waals surface area contributed by atoms with Gasteiger partial charge in [0.2, 0.25) is 15.9 Å². The van der Waals surface area contributed by atoms with E-state index in [2.05, 4.69) is 29.2 Å². The Labute approximate surface area is 175 Å². The minimum atomic E-state index is -3.38. The molecule has 29 heavy (non-hydrogen) atoms. The van der Waals surface area contributed by atoms with Crippen LogP contribution in [0.4, 0.5) is 0 Å². The van der Waals surface area contributed by atoms with Crippen LogP contribution in [0.3, 0.4) is 0 Å². The zero-order chi connectivity index (χ0) is 20.7. The van der Waals surface area contributed by atoms with Crippen LogP contribution in [-0.2, 0) is 14.8 Å². The van der Waals surface area contributed by atoms with Crippen LogP contribution in [0.1, 0.15) is 37.7 Å².